The fraction of sp³-hybridized carbons (Fsp3) is 0.917. The molecule has 0 unspecified atom stereocenters. The molecule has 1 saturated carbocycles. The zero-order valence-electron chi connectivity index (χ0n) is 10.2. The van der Waals surface area contributed by atoms with Crippen LogP contribution < -0.4 is 10.6 Å². The predicted octanol–water partition coefficient (Wildman–Crippen LogP) is 1.18. The van der Waals surface area contributed by atoms with Gasteiger partial charge in [-0.1, -0.05) is 6.92 Å². The van der Waals surface area contributed by atoms with E-state index in [9.17, 15) is 4.79 Å². The predicted molar refractivity (Wildman–Crippen MR) is 64.4 cm³/mol. The molecule has 2 rings (SSSR count). The number of hydrogen-bond donors (Lipinski definition) is 2. The Morgan fingerprint density at radius 1 is 1.19 bits per heavy atom. The van der Waals surface area contributed by atoms with Crippen LogP contribution in [0.2, 0.25) is 0 Å². The highest BCUT2D eigenvalue weighted by Crippen LogP contribution is 2.18. The van der Waals surface area contributed by atoms with Gasteiger partial charge >= 0.3 is 6.03 Å². The number of piperidine rings is 1. The minimum Gasteiger partial charge on any atom is -0.337 e. The summed E-state index contributed by atoms with van der Waals surface area (Å²) < 4.78 is 0. The van der Waals surface area contributed by atoms with Crippen LogP contribution in [0.25, 0.3) is 0 Å². The Balaban J connectivity index is 1.55. The number of carbonyl (C=O) groups is 1. The Morgan fingerprint density at radius 2 is 1.88 bits per heavy atom. The number of hydrogen-bond acceptors (Lipinski definition) is 2. The van der Waals surface area contributed by atoms with Gasteiger partial charge in [-0.05, 0) is 31.6 Å². The number of carbonyl (C=O) groups excluding carboxylic acids is 1. The molecule has 2 amide bonds. The van der Waals surface area contributed by atoms with Gasteiger partial charge < -0.3 is 15.5 Å². The van der Waals surface area contributed by atoms with E-state index in [0.29, 0.717) is 0 Å². The van der Waals surface area contributed by atoms with Gasteiger partial charge in [0.25, 0.3) is 0 Å². The molecule has 0 radical (unpaired) electrons. The van der Waals surface area contributed by atoms with Crippen LogP contribution in [0.4, 0.5) is 4.79 Å². The van der Waals surface area contributed by atoms with Crippen LogP contribution in [-0.2, 0) is 0 Å². The molecule has 1 heterocycles. The number of rotatable bonds is 4. The van der Waals surface area contributed by atoms with Gasteiger partial charge in [0.2, 0.25) is 0 Å². The molecule has 2 N–H and O–H groups in total. The summed E-state index contributed by atoms with van der Waals surface area (Å²) in [6, 6.07) is 0.845. The van der Waals surface area contributed by atoms with E-state index >= 15 is 0 Å². The van der Waals surface area contributed by atoms with Crippen molar-refractivity contribution in [2.45, 2.75) is 38.6 Å². The van der Waals surface area contributed by atoms with Crippen LogP contribution >= 0.6 is 0 Å². The molecule has 1 aliphatic carbocycles. The molecule has 0 aromatic heterocycles. The molecular weight excluding hydrogens is 202 g/mol. The number of nitrogens with zero attached hydrogens (tertiary/aromatic N) is 1. The Kier molecular flexibility index (Phi) is 4.04. The molecule has 2 aliphatic rings. The standard InChI is InChI=1S/C12H23N3O/c1-10-4-8-15(9-5-10)12(16)14-7-6-13-11-2-3-11/h10-11,13H,2-9H2,1H3,(H,14,16). The minimum absolute atomic E-state index is 0.115. The first-order valence-electron chi connectivity index (χ1n) is 6.52. The highest BCUT2D eigenvalue weighted by molar-refractivity contribution is 5.74. The third kappa shape index (κ3) is 3.67. The van der Waals surface area contributed by atoms with E-state index in [4.69, 9.17) is 0 Å². The molecule has 0 aromatic rings. The maximum absolute atomic E-state index is 11.8. The highest BCUT2D eigenvalue weighted by Gasteiger charge is 2.21. The first-order valence-corrected chi connectivity index (χ1v) is 6.52. The lowest BCUT2D eigenvalue weighted by atomic mass is 10.00. The quantitative estimate of drug-likeness (QED) is 0.706. The van der Waals surface area contributed by atoms with Crippen LogP contribution in [0, 0.1) is 5.92 Å². The summed E-state index contributed by atoms with van der Waals surface area (Å²) in [5, 5.41) is 6.36. The molecule has 0 spiro atoms. The van der Waals surface area contributed by atoms with Crippen LogP contribution in [0.3, 0.4) is 0 Å². The Bertz CT molecular complexity index is 232. The number of amides is 2. The van der Waals surface area contributed by atoms with Crippen LogP contribution in [0.15, 0.2) is 0 Å². The number of nitrogens with one attached hydrogen (secondary N) is 2. The molecule has 0 atom stereocenters. The maximum atomic E-state index is 11.8. The average molecular weight is 225 g/mol. The van der Waals surface area contributed by atoms with Gasteiger partial charge in [-0.3, -0.25) is 0 Å². The van der Waals surface area contributed by atoms with Crippen molar-refractivity contribution in [3.05, 3.63) is 0 Å². The van der Waals surface area contributed by atoms with Crippen molar-refractivity contribution in [1.29, 1.82) is 0 Å². The van der Waals surface area contributed by atoms with Crippen molar-refractivity contribution in [3.63, 3.8) is 0 Å². The fourth-order valence-electron chi connectivity index (χ4n) is 2.06. The van der Waals surface area contributed by atoms with E-state index in [1.165, 1.54) is 12.8 Å². The molecular formula is C12H23N3O. The third-order valence-electron chi connectivity index (χ3n) is 3.48. The Hall–Kier alpha value is -0.770. The monoisotopic (exact) mass is 225 g/mol. The smallest absolute Gasteiger partial charge is 0.317 e. The third-order valence-corrected chi connectivity index (χ3v) is 3.48. The van der Waals surface area contributed by atoms with Gasteiger partial charge in [-0.2, -0.15) is 0 Å². The van der Waals surface area contributed by atoms with Gasteiger partial charge in [0, 0.05) is 32.2 Å². The van der Waals surface area contributed by atoms with Gasteiger partial charge in [0.15, 0.2) is 0 Å². The molecule has 1 aliphatic heterocycles. The summed E-state index contributed by atoms with van der Waals surface area (Å²) in [7, 11) is 0. The summed E-state index contributed by atoms with van der Waals surface area (Å²) in [5.41, 5.74) is 0. The average Bonchev–Trinajstić information content (AvgIpc) is 3.09. The van der Waals surface area contributed by atoms with Crippen LogP contribution in [0.5, 0.6) is 0 Å². The lowest BCUT2D eigenvalue weighted by Crippen LogP contribution is -2.45. The van der Waals surface area contributed by atoms with Crippen molar-refractivity contribution >= 4 is 6.03 Å². The van der Waals surface area contributed by atoms with E-state index in [0.717, 1.165) is 51.0 Å². The van der Waals surface area contributed by atoms with Crippen molar-refractivity contribution in [3.8, 4) is 0 Å². The van der Waals surface area contributed by atoms with Crippen molar-refractivity contribution < 1.29 is 4.79 Å². The van der Waals surface area contributed by atoms with Crippen molar-refractivity contribution in [2.75, 3.05) is 26.2 Å². The maximum Gasteiger partial charge on any atom is 0.317 e. The first-order chi connectivity index (χ1) is 7.75. The second kappa shape index (κ2) is 5.53. The topological polar surface area (TPSA) is 44.4 Å². The van der Waals surface area contributed by atoms with E-state index in [1.807, 2.05) is 4.90 Å². The lowest BCUT2D eigenvalue weighted by molar-refractivity contribution is 0.174. The van der Waals surface area contributed by atoms with E-state index in [2.05, 4.69) is 17.6 Å². The second-order valence-electron chi connectivity index (χ2n) is 5.13. The largest absolute Gasteiger partial charge is 0.337 e. The first kappa shape index (κ1) is 11.7. The van der Waals surface area contributed by atoms with Gasteiger partial charge in [0.1, 0.15) is 0 Å². The summed E-state index contributed by atoms with van der Waals surface area (Å²) in [6.07, 6.45) is 4.90. The van der Waals surface area contributed by atoms with Crippen molar-refractivity contribution in [2.24, 2.45) is 5.92 Å². The highest BCUT2D eigenvalue weighted by atomic mass is 16.2. The lowest BCUT2D eigenvalue weighted by Gasteiger charge is -2.30. The van der Waals surface area contributed by atoms with Crippen LogP contribution in [0.1, 0.15) is 32.6 Å². The molecule has 4 nitrogen and oxygen atoms in total. The normalized spacial score (nSPS) is 22.2. The summed E-state index contributed by atoms with van der Waals surface area (Å²) in [5.74, 6) is 0.778. The van der Waals surface area contributed by atoms with Crippen LogP contribution in [-0.4, -0.2) is 43.2 Å². The van der Waals surface area contributed by atoms with Gasteiger partial charge in [-0.25, -0.2) is 4.79 Å². The Labute approximate surface area is 97.8 Å². The summed E-state index contributed by atoms with van der Waals surface area (Å²) >= 11 is 0. The molecule has 16 heavy (non-hydrogen) atoms. The van der Waals surface area contributed by atoms with Crippen molar-refractivity contribution in [1.82, 2.24) is 15.5 Å². The second-order valence-corrected chi connectivity index (χ2v) is 5.13. The van der Waals surface area contributed by atoms with E-state index < -0.39 is 0 Å². The molecule has 92 valence electrons. The van der Waals surface area contributed by atoms with E-state index in [1.54, 1.807) is 0 Å². The SMILES string of the molecule is CC1CCN(C(=O)NCCNC2CC2)CC1. The molecule has 4 heteroatoms. The molecule has 0 bridgehead atoms. The fourth-order valence-corrected chi connectivity index (χ4v) is 2.06. The minimum atomic E-state index is 0.115. The molecule has 0 aromatic carbocycles. The zero-order valence-corrected chi connectivity index (χ0v) is 10.2. The Morgan fingerprint density at radius 3 is 2.50 bits per heavy atom. The summed E-state index contributed by atoms with van der Waals surface area (Å²) in [4.78, 5) is 13.7. The van der Waals surface area contributed by atoms with E-state index in [-0.39, 0.29) is 6.03 Å². The number of urea groups is 1. The van der Waals surface area contributed by atoms with Gasteiger partial charge in [-0.15, -0.1) is 0 Å². The van der Waals surface area contributed by atoms with Gasteiger partial charge in [0.05, 0.1) is 0 Å². The molecule has 1 saturated heterocycles. The summed E-state index contributed by atoms with van der Waals surface area (Å²) in [6.45, 7) is 5.75. The molecule has 2 fully saturated rings. The number of likely N-dealkylation sites (tertiary alicyclic amines) is 1. The zero-order chi connectivity index (χ0) is 11.4.